The molecule has 0 aliphatic carbocycles. The van der Waals surface area contributed by atoms with Gasteiger partial charge in [-0.15, -0.1) is 0 Å². The number of benzene rings is 2. The summed E-state index contributed by atoms with van der Waals surface area (Å²) in [7, 11) is 1.59. The number of carbonyl (C=O) groups is 1. The van der Waals surface area contributed by atoms with Crippen molar-refractivity contribution in [1.29, 1.82) is 0 Å². The fraction of sp³-hybridized carbons (Fsp3) is 0.235. The summed E-state index contributed by atoms with van der Waals surface area (Å²) in [5, 5.41) is 0. The van der Waals surface area contributed by atoms with E-state index >= 15 is 0 Å². The second-order valence-electron chi connectivity index (χ2n) is 4.85. The first-order valence-corrected chi connectivity index (χ1v) is 6.80. The predicted molar refractivity (Wildman–Crippen MR) is 77.2 cm³/mol. The van der Waals surface area contributed by atoms with E-state index in [1.807, 2.05) is 24.3 Å². The van der Waals surface area contributed by atoms with Crippen LogP contribution in [0.4, 0.5) is 0 Å². The van der Waals surface area contributed by atoms with Crippen molar-refractivity contribution >= 4 is 5.97 Å². The predicted octanol–water partition coefficient (Wildman–Crippen LogP) is 3.26. The lowest BCUT2D eigenvalue weighted by molar-refractivity contribution is -0.137. The van der Waals surface area contributed by atoms with E-state index in [1.165, 1.54) is 0 Å². The zero-order valence-electron chi connectivity index (χ0n) is 11.7. The minimum Gasteiger partial charge on any atom is -0.497 e. The minimum atomic E-state index is -0.304. The Labute approximate surface area is 123 Å². The Balaban J connectivity index is 1.62. The van der Waals surface area contributed by atoms with E-state index in [4.69, 9.17) is 14.2 Å². The molecule has 0 bridgehead atoms. The van der Waals surface area contributed by atoms with Gasteiger partial charge in [-0.3, -0.25) is 4.79 Å². The van der Waals surface area contributed by atoms with Crippen LogP contribution in [-0.4, -0.2) is 13.1 Å². The molecule has 0 saturated carbocycles. The minimum absolute atomic E-state index is 0.211. The van der Waals surface area contributed by atoms with Gasteiger partial charge in [-0.1, -0.05) is 24.3 Å². The van der Waals surface area contributed by atoms with Crippen LogP contribution < -0.4 is 9.47 Å². The van der Waals surface area contributed by atoms with Crippen molar-refractivity contribution in [3.05, 3.63) is 59.7 Å². The molecule has 0 spiro atoms. The molecule has 0 saturated heterocycles. The molecule has 0 amide bonds. The molecule has 0 aromatic heterocycles. The maximum Gasteiger partial charge on any atom is 0.314 e. The SMILES string of the molecule is COc1ccc(OC(=O)C[C@H]2OCc3ccccc32)cc1. The number of hydrogen-bond donors (Lipinski definition) is 0. The molecule has 0 radical (unpaired) electrons. The van der Waals surface area contributed by atoms with Gasteiger partial charge in [-0.05, 0) is 35.4 Å². The average Bonchev–Trinajstić information content (AvgIpc) is 2.91. The monoisotopic (exact) mass is 284 g/mol. The van der Waals surface area contributed by atoms with E-state index in [9.17, 15) is 4.79 Å². The molecule has 4 heteroatoms. The van der Waals surface area contributed by atoms with Crippen LogP contribution in [0.3, 0.4) is 0 Å². The number of esters is 1. The van der Waals surface area contributed by atoms with Crippen LogP contribution in [0.5, 0.6) is 11.5 Å². The zero-order chi connectivity index (χ0) is 14.7. The lowest BCUT2D eigenvalue weighted by Gasteiger charge is -2.11. The molecule has 1 aliphatic heterocycles. The first-order valence-electron chi connectivity index (χ1n) is 6.80. The van der Waals surface area contributed by atoms with Crippen molar-refractivity contribution in [2.45, 2.75) is 19.1 Å². The van der Waals surface area contributed by atoms with Gasteiger partial charge in [0.15, 0.2) is 0 Å². The van der Waals surface area contributed by atoms with Gasteiger partial charge >= 0.3 is 5.97 Å². The van der Waals surface area contributed by atoms with E-state index in [-0.39, 0.29) is 18.5 Å². The van der Waals surface area contributed by atoms with Crippen molar-refractivity contribution in [3.8, 4) is 11.5 Å². The Morgan fingerprint density at radius 2 is 1.86 bits per heavy atom. The zero-order valence-corrected chi connectivity index (χ0v) is 11.7. The first kappa shape index (κ1) is 13.6. The van der Waals surface area contributed by atoms with Crippen LogP contribution in [0.2, 0.25) is 0 Å². The highest BCUT2D eigenvalue weighted by molar-refractivity contribution is 5.73. The Bertz CT molecular complexity index is 633. The van der Waals surface area contributed by atoms with E-state index in [1.54, 1.807) is 31.4 Å². The summed E-state index contributed by atoms with van der Waals surface area (Å²) in [6, 6.07) is 14.9. The van der Waals surface area contributed by atoms with Gasteiger partial charge in [0.1, 0.15) is 11.5 Å². The number of methoxy groups -OCH3 is 1. The molecule has 0 unspecified atom stereocenters. The molecule has 1 aliphatic rings. The first-order chi connectivity index (χ1) is 10.3. The van der Waals surface area contributed by atoms with Crippen LogP contribution in [-0.2, 0) is 16.1 Å². The molecular weight excluding hydrogens is 268 g/mol. The molecule has 1 heterocycles. The van der Waals surface area contributed by atoms with E-state index < -0.39 is 0 Å². The van der Waals surface area contributed by atoms with Gasteiger partial charge in [0, 0.05) is 0 Å². The third-order valence-electron chi connectivity index (χ3n) is 3.49. The van der Waals surface area contributed by atoms with Crippen LogP contribution in [0.1, 0.15) is 23.7 Å². The Hall–Kier alpha value is -2.33. The van der Waals surface area contributed by atoms with E-state index in [2.05, 4.69) is 0 Å². The average molecular weight is 284 g/mol. The van der Waals surface area contributed by atoms with Crippen molar-refractivity contribution in [1.82, 2.24) is 0 Å². The summed E-state index contributed by atoms with van der Waals surface area (Å²) in [6.07, 6.45) is -0.00444. The van der Waals surface area contributed by atoms with Gasteiger partial charge in [0.25, 0.3) is 0 Å². The van der Waals surface area contributed by atoms with Crippen LogP contribution in [0.25, 0.3) is 0 Å². The fourth-order valence-corrected chi connectivity index (χ4v) is 2.40. The summed E-state index contributed by atoms with van der Waals surface area (Å²) < 4.78 is 16.0. The highest BCUT2D eigenvalue weighted by Gasteiger charge is 2.25. The Morgan fingerprint density at radius 1 is 1.14 bits per heavy atom. The van der Waals surface area contributed by atoms with Gasteiger partial charge < -0.3 is 14.2 Å². The number of fused-ring (bicyclic) bond motifs is 1. The second-order valence-corrected chi connectivity index (χ2v) is 4.85. The molecule has 21 heavy (non-hydrogen) atoms. The molecule has 0 fully saturated rings. The third kappa shape index (κ3) is 3.06. The van der Waals surface area contributed by atoms with Gasteiger partial charge in [-0.2, -0.15) is 0 Å². The molecule has 2 aromatic rings. The van der Waals surface area contributed by atoms with Crippen LogP contribution in [0, 0.1) is 0 Å². The maximum atomic E-state index is 12.0. The number of hydrogen-bond acceptors (Lipinski definition) is 4. The maximum absolute atomic E-state index is 12.0. The van der Waals surface area contributed by atoms with Crippen molar-refractivity contribution in [2.75, 3.05) is 7.11 Å². The molecule has 108 valence electrons. The van der Waals surface area contributed by atoms with Gasteiger partial charge in [0.2, 0.25) is 0 Å². The summed E-state index contributed by atoms with van der Waals surface area (Å²) in [5.74, 6) is 0.928. The van der Waals surface area contributed by atoms with Crippen LogP contribution >= 0.6 is 0 Å². The summed E-state index contributed by atoms with van der Waals surface area (Å²) in [5.41, 5.74) is 2.21. The number of carbonyl (C=O) groups excluding carboxylic acids is 1. The fourth-order valence-electron chi connectivity index (χ4n) is 2.40. The van der Waals surface area contributed by atoms with Crippen molar-refractivity contribution < 1.29 is 19.0 Å². The molecular formula is C17H16O4. The quantitative estimate of drug-likeness (QED) is 0.638. The van der Waals surface area contributed by atoms with Crippen molar-refractivity contribution in [2.24, 2.45) is 0 Å². The molecule has 0 N–H and O–H groups in total. The summed E-state index contributed by atoms with van der Waals surface area (Å²) >= 11 is 0. The smallest absolute Gasteiger partial charge is 0.314 e. The van der Waals surface area contributed by atoms with Gasteiger partial charge in [0.05, 0.1) is 26.2 Å². The molecule has 1 atom stereocenters. The van der Waals surface area contributed by atoms with Gasteiger partial charge in [-0.25, -0.2) is 0 Å². The molecule has 3 rings (SSSR count). The highest BCUT2D eigenvalue weighted by atomic mass is 16.5. The van der Waals surface area contributed by atoms with E-state index in [0.717, 1.165) is 16.9 Å². The Morgan fingerprint density at radius 3 is 2.62 bits per heavy atom. The molecule has 2 aromatic carbocycles. The van der Waals surface area contributed by atoms with Crippen LogP contribution in [0.15, 0.2) is 48.5 Å². The number of ether oxygens (including phenoxy) is 3. The normalized spacial score (nSPS) is 16.3. The van der Waals surface area contributed by atoms with E-state index in [0.29, 0.717) is 12.4 Å². The number of rotatable bonds is 4. The standard InChI is InChI=1S/C17H16O4/c1-19-13-6-8-14(9-7-13)21-17(18)10-16-15-5-3-2-4-12(15)11-20-16/h2-9,16H,10-11H2,1H3/t16-/m1/s1. The lowest BCUT2D eigenvalue weighted by Crippen LogP contribution is -2.12. The Kier molecular flexibility index (Phi) is 3.88. The lowest BCUT2D eigenvalue weighted by atomic mass is 10.0. The largest absolute Gasteiger partial charge is 0.497 e. The summed E-state index contributed by atoms with van der Waals surface area (Å²) in [4.78, 5) is 12.0. The van der Waals surface area contributed by atoms with Crippen molar-refractivity contribution in [3.63, 3.8) is 0 Å². The summed E-state index contributed by atoms with van der Waals surface area (Å²) in [6.45, 7) is 0.552. The second kappa shape index (κ2) is 5.97. The molecule has 4 nitrogen and oxygen atoms in total. The third-order valence-corrected chi connectivity index (χ3v) is 3.49. The topological polar surface area (TPSA) is 44.8 Å². The highest BCUT2D eigenvalue weighted by Crippen LogP contribution is 2.33.